The number of hydrogen-bond donors (Lipinski definition) is 0. The Morgan fingerprint density at radius 2 is 1.93 bits per heavy atom. The molecule has 14 heavy (non-hydrogen) atoms. The van der Waals surface area contributed by atoms with Crippen molar-refractivity contribution in [2.75, 3.05) is 0 Å². The average molecular weight is 192 g/mol. The van der Waals surface area contributed by atoms with Gasteiger partial charge >= 0.3 is 0 Å². The Balaban J connectivity index is 2.82. The Kier molecular flexibility index (Phi) is 4.41. The zero-order valence-corrected chi connectivity index (χ0v) is 7.82. The maximum atomic E-state index is 8.37. The van der Waals surface area contributed by atoms with Gasteiger partial charge in [-0.15, -0.1) is 0 Å². The first-order chi connectivity index (χ1) is 6.88. The average Bonchev–Trinajstić information content (AvgIpc) is 2.16. The Bertz CT molecular complexity index is 297. The first-order valence-electron chi connectivity index (χ1n) is 4.63. The van der Waals surface area contributed by atoms with E-state index >= 15 is 0 Å². The van der Waals surface area contributed by atoms with Crippen LogP contribution in [0.5, 0.6) is 0 Å². The normalized spacial score (nSPS) is 28.9. The Hall–Kier alpha value is -1.64. The van der Waals surface area contributed by atoms with E-state index in [1.807, 2.05) is 12.2 Å². The lowest BCUT2D eigenvalue weighted by Gasteiger charge is -2.17. The van der Waals surface area contributed by atoms with Gasteiger partial charge in [0.1, 0.15) is 0 Å². The summed E-state index contributed by atoms with van der Waals surface area (Å²) in [6.07, 6.45) is 7.71. The van der Waals surface area contributed by atoms with Gasteiger partial charge in [-0.1, -0.05) is 28.8 Å². The molecule has 0 N–H and O–H groups in total. The summed E-state index contributed by atoms with van der Waals surface area (Å²) in [6, 6.07) is -0.552. The van der Waals surface area contributed by atoms with Gasteiger partial charge < -0.3 is 0 Å². The van der Waals surface area contributed by atoms with Gasteiger partial charge in [0.25, 0.3) is 0 Å². The maximum Gasteiger partial charge on any atom is 0.0639 e. The van der Waals surface area contributed by atoms with Crippen molar-refractivity contribution in [2.45, 2.75) is 37.8 Å². The van der Waals surface area contributed by atoms with Crippen molar-refractivity contribution < 1.29 is 0 Å². The van der Waals surface area contributed by atoms with Gasteiger partial charge in [-0.3, -0.25) is 0 Å². The summed E-state index contributed by atoms with van der Waals surface area (Å²) in [5.74, 6) is 0. The van der Waals surface area contributed by atoms with Crippen molar-refractivity contribution in [3.8, 4) is 0 Å². The molecular weight excluding hydrogens is 180 g/mol. The molecule has 6 nitrogen and oxygen atoms in total. The SMILES string of the molecule is [N-]=[N+]=N[C@@H]1/C=C\CCCC[C@H]1N=[N+]=[N-]. The van der Waals surface area contributed by atoms with Gasteiger partial charge in [-0.05, 0) is 30.3 Å². The highest BCUT2D eigenvalue weighted by Crippen LogP contribution is 2.18. The van der Waals surface area contributed by atoms with Gasteiger partial charge in [0.15, 0.2) is 0 Å². The highest BCUT2D eigenvalue weighted by molar-refractivity contribution is 5.01. The standard InChI is InChI=1S/C8H12N6/c9-13-11-7-5-3-1-2-4-6-8(7)12-14-10/h3,5,7-8H,1-2,4,6H2/b5-3-/t7-,8-/m1/s1. The van der Waals surface area contributed by atoms with Gasteiger partial charge in [0, 0.05) is 15.9 Å². The summed E-state index contributed by atoms with van der Waals surface area (Å²) in [5, 5.41) is 7.26. The molecule has 0 unspecified atom stereocenters. The van der Waals surface area contributed by atoms with Crippen LogP contribution in [0.4, 0.5) is 0 Å². The zero-order chi connectivity index (χ0) is 10.2. The molecule has 6 heteroatoms. The summed E-state index contributed by atoms with van der Waals surface area (Å²) in [5.41, 5.74) is 16.7. The lowest BCUT2D eigenvalue weighted by Crippen LogP contribution is -2.20. The van der Waals surface area contributed by atoms with E-state index in [0.717, 1.165) is 25.7 Å². The van der Waals surface area contributed by atoms with Crippen LogP contribution in [0.15, 0.2) is 22.4 Å². The van der Waals surface area contributed by atoms with Crippen molar-refractivity contribution in [3.63, 3.8) is 0 Å². The molecule has 1 rings (SSSR count). The summed E-state index contributed by atoms with van der Waals surface area (Å²) >= 11 is 0. The second-order valence-corrected chi connectivity index (χ2v) is 3.18. The van der Waals surface area contributed by atoms with Crippen molar-refractivity contribution in [1.29, 1.82) is 0 Å². The summed E-state index contributed by atoms with van der Waals surface area (Å²) in [4.78, 5) is 5.53. The molecule has 0 amide bonds. The van der Waals surface area contributed by atoms with Gasteiger partial charge in [-0.2, -0.15) is 0 Å². The van der Waals surface area contributed by atoms with Crippen LogP contribution in [0, 0.1) is 0 Å². The molecule has 1 aliphatic carbocycles. The molecule has 0 aliphatic heterocycles. The first-order valence-corrected chi connectivity index (χ1v) is 4.63. The largest absolute Gasteiger partial charge is 0.0899 e. The fourth-order valence-corrected chi connectivity index (χ4v) is 1.52. The van der Waals surface area contributed by atoms with E-state index in [2.05, 4.69) is 20.1 Å². The van der Waals surface area contributed by atoms with Crippen LogP contribution >= 0.6 is 0 Å². The lowest BCUT2D eigenvalue weighted by molar-refractivity contribution is 0.510. The van der Waals surface area contributed by atoms with E-state index < -0.39 is 0 Å². The summed E-state index contributed by atoms with van der Waals surface area (Å²) in [6.45, 7) is 0. The van der Waals surface area contributed by atoms with Crippen molar-refractivity contribution >= 4 is 0 Å². The van der Waals surface area contributed by atoms with Crippen molar-refractivity contribution in [2.24, 2.45) is 10.2 Å². The highest BCUT2D eigenvalue weighted by atomic mass is 15.2. The fourth-order valence-electron chi connectivity index (χ4n) is 1.52. The van der Waals surface area contributed by atoms with Gasteiger partial charge in [-0.25, -0.2) is 0 Å². The van der Waals surface area contributed by atoms with Crippen LogP contribution in [0.3, 0.4) is 0 Å². The van der Waals surface area contributed by atoms with E-state index in [0.29, 0.717) is 0 Å². The molecule has 0 heterocycles. The first kappa shape index (κ1) is 10.4. The predicted molar refractivity (Wildman–Crippen MR) is 53.5 cm³/mol. The molecular formula is C8H12N6. The van der Waals surface area contributed by atoms with Crippen LogP contribution in [0.25, 0.3) is 20.9 Å². The second kappa shape index (κ2) is 5.91. The molecule has 0 aromatic heterocycles. The molecule has 0 fully saturated rings. The Morgan fingerprint density at radius 3 is 2.64 bits per heavy atom. The van der Waals surface area contributed by atoms with E-state index in [-0.39, 0.29) is 12.1 Å². The number of allylic oxidation sites excluding steroid dienone is 1. The molecule has 1 aliphatic rings. The fraction of sp³-hybridized carbons (Fsp3) is 0.750. The topological polar surface area (TPSA) is 97.5 Å². The van der Waals surface area contributed by atoms with E-state index in [1.165, 1.54) is 0 Å². The zero-order valence-electron chi connectivity index (χ0n) is 7.82. The van der Waals surface area contributed by atoms with Gasteiger partial charge in [0.2, 0.25) is 0 Å². The van der Waals surface area contributed by atoms with Crippen molar-refractivity contribution in [3.05, 3.63) is 33.0 Å². The molecule has 0 bridgehead atoms. The molecule has 0 aromatic rings. The summed E-state index contributed by atoms with van der Waals surface area (Å²) < 4.78 is 0. The number of azide groups is 2. The van der Waals surface area contributed by atoms with Gasteiger partial charge in [0.05, 0.1) is 6.04 Å². The lowest BCUT2D eigenvalue weighted by atomic mass is 9.98. The van der Waals surface area contributed by atoms with E-state index in [4.69, 9.17) is 11.1 Å². The number of nitrogens with zero attached hydrogens (tertiary/aromatic N) is 6. The molecule has 0 saturated carbocycles. The quantitative estimate of drug-likeness (QED) is 0.277. The second-order valence-electron chi connectivity index (χ2n) is 3.18. The number of rotatable bonds is 2. The Morgan fingerprint density at radius 1 is 1.14 bits per heavy atom. The van der Waals surface area contributed by atoms with E-state index in [1.54, 1.807) is 0 Å². The minimum atomic E-state index is -0.323. The van der Waals surface area contributed by atoms with E-state index in [9.17, 15) is 0 Å². The molecule has 0 saturated heterocycles. The van der Waals surface area contributed by atoms with Crippen LogP contribution in [0.1, 0.15) is 25.7 Å². The molecule has 0 aromatic carbocycles. The molecule has 0 radical (unpaired) electrons. The van der Waals surface area contributed by atoms with Crippen LogP contribution in [-0.2, 0) is 0 Å². The number of hydrogen-bond acceptors (Lipinski definition) is 2. The molecule has 0 spiro atoms. The van der Waals surface area contributed by atoms with Crippen LogP contribution in [-0.4, -0.2) is 12.1 Å². The monoisotopic (exact) mass is 192 g/mol. The third kappa shape index (κ3) is 3.01. The highest BCUT2D eigenvalue weighted by Gasteiger charge is 2.17. The summed E-state index contributed by atoms with van der Waals surface area (Å²) in [7, 11) is 0. The maximum absolute atomic E-state index is 8.37. The Labute approximate surface area is 81.9 Å². The third-order valence-electron chi connectivity index (χ3n) is 2.23. The predicted octanol–water partition coefficient (Wildman–Crippen LogP) is 3.47. The molecule has 74 valence electrons. The van der Waals surface area contributed by atoms with Crippen LogP contribution in [0.2, 0.25) is 0 Å². The van der Waals surface area contributed by atoms with Crippen molar-refractivity contribution in [1.82, 2.24) is 0 Å². The minimum Gasteiger partial charge on any atom is -0.0899 e. The smallest absolute Gasteiger partial charge is 0.0639 e. The minimum absolute atomic E-state index is 0.229. The molecule has 2 atom stereocenters. The van der Waals surface area contributed by atoms with Crippen LogP contribution < -0.4 is 0 Å². The third-order valence-corrected chi connectivity index (χ3v) is 2.23.